The van der Waals surface area contributed by atoms with E-state index in [0.29, 0.717) is 0 Å². The van der Waals surface area contributed by atoms with Gasteiger partial charge < -0.3 is 9.72 Å². The molecule has 0 unspecified atom stereocenters. The minimum absolute atomic E-state index is 0.869. The molecule has 80 valence electrons. The molecular formula is C13H12N2O. The van der Waals surface area contributed by atoms with E-state index in [9.17, 15) is 0 Å². The molecule has 3 rings (SSSR count). The first-order valence-electron chi connectivity index (χ1n) is 5.21. The zero-order valence-corrected chi connectivity index (χ0v) is 9.24. The van der Waals surface area contributed by atoms with Gasteiger partial charge in [-0.3, -0.25) is 0 Å². The van der Waals surface area contributed by atoms with E-state index in [1.165, 1.54) is 0 Å². The number of hydrogen-bond acceptors (Lipinski definition) is 2. The average Bonchev–Trinajstić information content (AvgIpc) is 2.65. The Hall–Kier alpha value is -2.03. The monoisotopic (exact) mass is 212 g/mol. The highest BCUT2D eigenvalue weighted by molar-refractivity contribution is 6.06. The molecule has 0 spiro atoms. The van der Waals surface area contributed by atoms with Crippen LogP contribution >= 0.6 is 0 Å². The fourth-order valence-corrected chi connectivity index (χ4v) is 1.98. The van der Waals surface area contributed by atoms with Crippen LogP contribution in [0.2, 0.25) is 0 Å². The highest BCUT2D eigenvalue weighted by Gasteiger charge is 2.06. The molecule has 3 aromatic rings. The van der Waals surface area contributed by atoms with Crippen LogP contribution < -0.4 is 4.74 Å². The lowest BCUT2D eigenvalue weighted by Gasteiger charge is -1.98. The summed E-state index contributed by atoms with van der Waals surface area (Å²) in [5.74, 6) is 0.869. The molecule has 0 amide bonds. The number of ether oxygens (including phenoxy) is 1. The molecule has 1 aromatic carbocycles. The fourth-order valence-electron chi connectivity index (χ4n) is 1.98. The van der Waals surface area contributed by atoms with Gasteiger partial charge in [-0.05, 0) is 37.3 Å². The molecule has 0 aliphatic rings. The maximum Gasteiger partial charge on any atom is 0.138 e. The van der Waals surface area contributed by atoms with Gasteiger partial charge in [-0.1, -0.05) is 0 Å². The second kappa shape index (κ2) is 3.23. The van der Waals surface area contributed by atoms with Crippen LogP contribution in [0.5, 0.6) is 5.75 Å². The fraction of sp³-hybridized carbons (Fsp3) is 0.154. The highest BCUT2D eigenvalue weighted by Crippen LogP contribution is 2.27. The maximum atomic E-state index is 5.23. The number of H-pyrrole nitrogens is 1. The Labute approximate surface area is 93.1 Å². The molecule has 0 aliphatic carbocycles. The summed E-state index contributed by atoms with van der Waals surface area (Å²) in [6.45, 7) is 1.99. The summed E-state index contributed by atoms with van der Waals surface area (Å²) < 4.78 is 5.23. The minimum Gasteiger partial charge on any atom is -0.497 e. The van der Waals surface area contributed by atoms with Gasteiger partial charge in [0, 0.05) is 22.0 Å². The molecule has 3 nitrogen and oxygen atoms in total. The molecule has 0 aliphatic heterocycles. The number of pyridine rings is 1. The van der Waals surface area contributed by atoms with Gasteiger partial charge in [-0.15, -0.1) is 0 Å². The van der Waals surface area contributed by atoms with Gasteiger partial charge in [0.15, 0.2) is 0 Å². The van der Waals surface area contributed by atoms with Crippen LogP contribution in [-0.2, 0) is 0 Å². The van der Waals surface area contributed by atoms with Gasteiger partial charge in [0.2, 0.25) is 0 Å². The Morgan fingerprint density at radius 1 is 1.12 bits per heavy atom. The molecule has 16 heavy (non-hydrogen) atoms. The van der Waals surface area contributed by atoms with Crippen molar-refractivity contribution in [2.24, 2.45) is 0 Å². The van der Waals surface area contributed by atoms with Gasteiger partial charge >= 0.3 is 0 Å². The number of benzene rings is 1. The zero-order valence-electron chi connectivity index (χ0n) is 9.24. The van der Waals surface area contributed by atoms with E-state index in [1.807, 2.05) is 31.2 Å². The molecule has 0 bridgehead atoms. The molecule has 0 atom stereocenters. The van der Waals surface area contributed by atoms with Crippen molar-refractivity contribution in [2.75, 3.05) is 7.11 Å². The summed E-state index contributed by atoms with van der Waals surface area (Å²) in [6.07, 6.45) is 0. The van der Waals surface area contributed by atoms with Crippen molar-refractivity contribution in [3.63, 3.8) is 0 Å². The number of nitrogens with one attached hydrogen (secondary N) is 1. The van der Waals surface area contributed by atoms with Crippen molar-refractivity contribution >= 4 is 21.9 Å². The summed E-state index contributed by atoms with van der Waals surface area (Å²) in [6, 6.07) is 10.1. The molecule has 3 heteroatoms. The standard InChI is InChI=1S/C13H12N2O/c1-8-3-5-10-11-7-9(16-2)4-6-12(11)15-13(10)14-8/h3-7H,1-2H3,(H,14,15). The molecule has 2 aromatic heterocycles. The Bertz CT molecular complexity index is 670. The summed E-state index contributed by atoms with van der Waals surface area (Å²) >= 11 is 0. The van der Waals surface area contributed by atoms with Crippen LogP contribution in [0.15, 0.2) is 30.3 Å². The van der Waals surface area contributed by atoms with Crippen LogP contribution in [-0.4, -0.2) is 17.1 Å². The van der Waals surface area contributed by atoms with E-state index in [1.54, 1.807) is 7.11 Å². The first kappa shape index (κ1) is 9.21. The third-order valence-electron chi connectivity index (χ3n) is 2.80. The quantitative estimate of drug-likeness (QED) is 0.673. The molecule has 0 saturated heterocycles. The Balaban J connectivity index is 2.42. The van der Waals surface area contributed by atoms with Crippen LogP contribution in [0.1, 0.15) is 5.69 Å². The number of hydrogen-bond donors (Lipinski definition) is 1. The van der Waals surface area contributed by atoms with E-state index in [4.69, 9.17) is 4.74 Å². The molecule has 1 N–H and O–H groups in total. The number of rotatable bonds is 1. The molecule has 0 fully saturated rings. The summed E-state index contributed by atoms with van der Waals surface area (Å²) in [5.41, 5.74) is 3.04. The molecular weight excluding hydrogens is 200 g/mol. The molecule has 2 heterocycles. The molecule has 0 saturated carbocycles. The number of methoxy groups -OCH3 is 1. The predicted octanol–water partition coefficient (Wildman–Crippen LogP) is 3.03. The van der Waals surface area contributed by atoms with Crippen molar-refractivity contribution in [1.82, 2.24) is 9.97 Å². The van der Waals surface area contributed by atoms with E-state index in [0.717, 1.165) is 33.4 Å². The Morgan fingerprint density at radius 3 is 2.81 bits per heavy atom. The van der Waals surface area contributed by atoms with Crippen LogP contribution in [0.3, 0.4) is 0 Å². The van der Waals surface area contributed by atoms with Crippen molar-refractivity contribution in [3.8, 4) is 5.75 Å². The lowest BCUT2D eigenvalue weighted by molar-refractivity contribution is 0.415. The Morgan fingerprint density at radius 2 is 2.00 bits per heavy atom. The van der Waals surface area contributed by atoms with E-state index in [2.05, 4.69) is 16.0 Å². The maximum absolute atomic E-state index is 5.23. The number of aryl methyl sites for hydroxylation is 1. The second-order valence-corrected chi connectivity index (χ2v) is 3.89. The van der Waals surface area contributed by atoms with Gasteiger partial charge in [-0.2, -0.15) is 0 Å². The second-order valence-electron chi connectivity index (χ2n) is 3.89. The smallest absolute Gasteiger partial charge is 0.138 e. The van der Waals surface area contributed by atoms with Crippen LogP contribution in [0.4, 0.5) is 0 Å². The normalized spacial score (nSPS) is 11.1. The molecule has 0 radical (unpaired) electrons. The van der Waals surface area contributed by atoms with E-state index in [-0.39, 0.29) is 0 Å². The van der Waals surface area contributed by atoms with Gasteiger partial charge in [0.1, 0.15) is 11.4 Å². The predicted molar refractivity (Wildman–Crippen MR) is 64.9 cm³/mol. The van der Waals surface area contributed by atoms with Crippen LogP contribution in [0, 0.1) is 6.92 Å². The topological polar surface area (TPSA) is 37.9 Å². The Kier molecular flexibility index (Phi) is 1.86. The lowest BCUT2D eigenvalue weighted by atomic mass is 10.2. The van der Waals surface area contributed by atoms with Crippen molar-refractivity contribution in [2.45, 2.75) is 6.92 Å². The number of nitrogens with zero attached hydrogens (tertiary/aromatic N) is 1. The highest BCUT2D eigenvalue weighted by atomic mass is 16.5. The summed E-state index contributed by atoms with van der Waals surface area (Å²) in [4.78, 5) is 7.78. The van der Waals surface area contributed by atoms with Gasteiger partial charge in [0.25, 0.3) is 0 Å². The largest absolute Gasteiger partial charge is 0.497 e. The average molecular weight is 212 g/mol. The third-order valence-corrected chi connectivity index (χ3v) is 2.80. The van der Waals surface area contributed by atoms with Crippen molar-refractivity contribution in [3.05, 3.63) is 36.0 Å². The summed E-state index contributed by atoms with van der Waals surface area (Å²) in [7, 11) is 1.68. The third kappa shape index (κ3) is 1.25. The number of aromatic nitrogens is 2. The minimum atomic E-state index is 0.869. The van der Waals surface area contributed by atoms with Crippen LogP contribution in [0.25, 0.3) is 21.9 Å². The van der Waals surface area contributed by atoms with Gasteiger partial charge in [-0.25, -0.2) is 4.98 Å². The SMILES string of the molecule is COc1ccc2[nH]c3nc(C)ccc3c2c1. The van der Waals surface area contributed by atoms with E-state index < -0.39 is 0 Å². The van der Waals surface area contributed by atoms with E-state index >= 15 is 0 Å². The van der Waals surface area contributed by atoms with Crippen molar-refractivity contribution < 1.29 is 4.74 Å². The number of fused-ring (bicyclic) bond motifs is 3. The lowest BCUT2D eigenvalue weighted by Crippen LogP contribution is -1.81. The zero-order chi connectivity index (χ0) is 11.1. The van der Waals surface area contributed by atoms with Gasteiger partial charge in [0.05, 0.1) is 7.11 Å². The summed E-state index contributed by atoms with van der Waals surface area (Å²) in [5, 5.41) is 2.29. The first-order chi connectivity index (χ1) is 7.78. The first-order valence-corrected chi connectivity index (χ1v) is 5.21. The van der Waals surface area contributed by atoms with Crippen molar-refractivity contribution in [1.29, 1.82) is 0 Å². The number of aromatic amines is 1.